The Hall–Kier alpha value is -3.35. The monoisotopic (exact) mass is 450 g/mol. The van der Waals surface area contributed by atoms with Gasteiger partial charge in [0.1, 0.15) is 12.6 Å². The molecule has 0 aliphatic heterocycles. The van der Waals surface area contributed by atoms with E-state index in [1.54, 1.807) is 0 Å². The van der Waals surface area contributed by atoms with E-state index in [1.165, 1.54) is 11.1 Å². The Morgan fingerprint density at radius 1 is 1.03 bits per heavy atom. The molecule has 0 heterocycles. The van der Waals surface area contributed by atoms with E-state index < -0.39 is 18.1 Å². The smallest absolute Gasteiger partial charge is 0.407 e. The third-order valence-corrected chi connectivity index (χ3v) is 6.66. The lowest BCUT2D eigenvalue weighted by Crippen LogP contribution is -2.43. The van der Waals surface area contributed by atoms with E-state index in [1.807, 2.05) is 31.2 Å². The quantitative estimate of drug-likeness (QED) is 0.563. The zero-order valence-electron chi connectivity index (χ0n) is 18.8. The fraction of sp³-hybridized carbons (Fsp3) is 0.423. The number of carboxylic acid groups (broad SMARTS) is 1. The largest absolute Gasteiger partial charge is 0.480 e. The highest BCUT2D eigenvalue weighted by atomic mass is 16.5. The molecule has 4 rings (SSSR count). The van der Waals surface area contributed by atoms with Crippen molar-refractivity contribution in [3.63, 3.8) is 0 Å². The standard InChI is InChI=1S/C26H30N2O5/c1-2-7-23(25(30)31)28-24(29)16-12-13-17(14-16)27-26(32)33-15-22-20-10-5-3-8-18(20)19-9-4-6-11-21(19)22/h3-6,8-11,16-17,22-23H,2,7,12-15H2,1H3,(H,27,32)(H,28,29)(H,30,31)/t16-,17+,23-/m1/s1. The third kappa shape index (κ3) is 5.02. The normalized spacial score (nSPS) is 19.9. The van der Waals surface area contributed by atoms with Crippen molar-refractivity contribution in [1.29, 1.82) is 0 Å². The first-order valence-corrected chi connectivity index (χ1v) is 11.6. The van der Waals surface area contributed by atoms with Crippen molar-refractivity contribution in [2.75, 3.05) is 6.61 Å². The van der Waals surface area contributed by atoms with Crippen LogP contribution >= 0.6 is 0 Å². The fourth-order valence-electron chi connectivity index (χ4n) is 4.99. The second-order valence-electron chi connectivity index (χ2n) is 8.86. The first-order valence-electron chi connectivity index (χ1n) is 11.6. The molecule has 1 fully saturated rings. The Labute approximate surface area is 193 Å². The lowest BCUT2D eigenvalue weighted by Gasteiger charge is -2.18. The summed E-state index contributed by atoms with van der Waals surface area (Å²) in [5.41, 5.74) is 4.66. The van der Waals surface area contributed by atoms with E-state index >= 15 is 0 Å². The Morgan fingerprint density at radius 2 is 1.67 bits per heavy atom. The number of benzene rings is 2. The number of hydrogen-bond acceptors (Lipinski definition) is 4. The summed E-state index contributed by atoms with van der Waals surface area (Å²) in [5, 5.41) is 14.8. The van der Waals surface area contributed by atoms with Gasteiger partial charge in [-0.05, 0) is 47.9 Å². The van der Waals surface area contributed by atoms with Crippen molar-refractivity contribution in [3.05, 3.63) is 59.7 Å². The van der Waals surface area contributed by atoms with E-state index in [9.17, 15) is 19.5 Å². The van der Waals surface area contributed by atoms with Crippen LogP contribution in [0.15, 0.2) is 48.5 Å². The second kappa shape index (κ2) is 10.1. The summed E-state index contributed by atoms with van der Waals surface area (Å²) < 4.78 is 5.60. The minimum Gasteiger partial charge on any atom is -0.480 e. The summed E-state index contributed by atoms with van der Waals surface area (Å²) >= 11 is 0. The van der Waals surface area contributed by atoms with Crippen molar-refractivity contribution >= 4 is 18.0 Å². The zero-order chi connectivity index (χ0) is 23.4. The van der Waals surface area contributed by atoms with Crippen LogP contribution in [0, 0.1) is 5.92 Å². The number of ether oxygens (including phenoxy) is 1. The molecule has 0 saturated heterocycles. The van der Waals surface area contributed by atoms with Gasteiger partial charge < -0.3 is 20.5 Å². The molecule has 0 bridgehead atoms. The molecule has 0 aromatic heterocycles. The number of carbonyl (C=O) groups excluding carboxylic acids is 2. The highest BCUT2D eigenvalue weighted by molar-refractivity contribution is 5.85. The van der Waals surface area contributed by atoms with Gasteiger partial charge in [-0.1, -0.05) is 61.9 Å². The highest BCUT2D eigenvalue weighted by Gasteiger charge is 2.34. The average Bonchev–Trinajstić information content (AvgIpc) is 3.40. The van der Waals surface area contributed by atoms with Gasteiger partial charge in [-0.25, -0.2) is 9.59 Å². The van der Waals surface area contributed by atoms with Crippen LogP contribution < -0.4 is 10.6 Å². The van der Waals surface area contributed by atoms with Gasteiger partial charge in [0, 0.05) is 17.9 Å². The first kappa shape index (κ1) is 22.8. The van der Waals surface area contributed by atoms with Crippen molar-refractivity contribution in [3.8, 4) is 11.1 Å². The topological polar surface area (TPSA) is 105 Å². The molecule has 174 valence electrons. The lowest BCUT2D eigenvalue weighted by molar-refractivity contribution is -0.142. The maximum Gasteiger partial charge on any atom is 0.407 e. The molecule has 1 saturated carbocycles. The lowest BCUT2D eigenvalue weighted by atomic mass is 9.98. The van der Waals surface area contributed by atoms with Gasteiger partial charge in [-0.2, -0.15) is 0 Å². The van der Waals surface area contributed by atoms with Crippen LogP contribution in [-0.4, -0.2) is 41.8 Å². The van der Waals surface area contributed by atoms with Crippen LogP contribution in [0.1, 0.15) is 56.1 Å². The average molecular weight is 451 g/mol. The maximum atomic E-state index is 12.5. The molecule has 2 aromatic rings. The van der Waals surface area contributed by atoms with E-state index in [2.05, 4.69) is 34.9 Å². The molecule has 3 N–H and O–H groups in total. The number of fused-ring (bicyclic) bond motifs is 3. The van der Waals surface area contributed by atoms with Gasteiger partial charge in [0.15, 0.2) is 0 Å². The Morgan fingerprint density at radius 3 is 2.27 bits per heavy atom. The van der Waals surface area contributed by atoms with Crippen molar-refractivity contribution in [1.82, 2.24) is 10.6 Å². The minimum atomic E-state index is -1.02. The molecule has 33 heavy (non-hydrogen) atoms. The van der Waals surface area contributed by atoms with Crippen LogP contribution in [-0.2, 0) is 14.3 Å². The van der Waals surface area contributed by atoms with Crippen LogP contribution in [0.25, 0.3) is 11.1 Å². The SMILES string of the molecule is CCC[C@@H](NC(=O)[C@@H]1CC[C@H](NC(=O)OCC2c3ccccc3-c3ccccc32)C1)C(=O)O. The van der Waals surface area contributed by atoms with Gasteiger partial charge in [-0.3, -0.25) is 4.79 Å². The summed E-state index contributed by atoms with van der Waals surface area (Å²) in [6.45, 7) is 2.12. The number of hydrogen-bond donors (Lipinski definition) is 3. The Balaban J connectivity index is 1.29. The number of carbonyl (C=O) groups is 3. The molecule has 3 atom stereocenters. The van der Waals surface area contributed by atoms with Crippen molar-refractivity contribution < 1.29 is 24.2 Å². The summed E-state index contributed by atoms with van der Waals surface area (Å²) in [6.07, 6.45) is 2.33. The van der Waals surface area contributed by atoms with Gasteiger partial charge in [0.2, 0.25) is 5.91 Å². The highest BCUT2D eigenvalue weighted by Crippen LogP contribution is 2.44. The van der Waals surface area contributed by atoms with Gasteiger partial charge >= 0.3 is 12.1 Å². The molecule has 7 heteroatoms. The van der Waals surface area contributed by atoms with Crippen molar-refractivity contribution in [2.45, 2.75) is 57.0 Å². The number of amides is 2. The molecule has 2 amide bonds. The van der Waals surface area contributed by atoms with Crippen LogP contribution in [0.4, 0.5) is 4.79 Å². The third-order valence-electron chi connectivity index (χ3n) is 6.66. The predicted octanol–water partition coefficient (Wildman–Crippen LogP) is 4.06. The molecule has 0 unspecified atom stereocenters. The van der Waals surface area contributed by atoms with E-state index in [0.29, 0.717) is 32.1 Å². The Kier molecular flexibility index (Phi) is 6.96. The Bertz CT molecular complexity index is 991. The van der Waals surface area contributed by atoms with E-state index in [-0.39, 0.29) is 30.4 Å². The van der Waals surface area contributed by atoms with Crippen LogP contribution in [0.3, 0.4) is 0 Å². The molecule has 0 radical (unpaired) electrons. The zero-order valence-corrected chi connectivity index (χ0v) is 18.8. The minimum absolute atomic E-state index is 0.00299. The predicted molar refractivity (Wildman–Crippen MR) is 124 cm³/mol. The molecular weight excluding hydrogens is 420 g/mol. The van der Waals surface area contributed by atoms with Crippen LogP contribution in [0.2, 0.25) is 0 Å². The summed E-state index contributed by atoms with van der Waals surface area (Å²) in [6, 6.07) is 15.3. The number of alkyl carbamates (subject to hydrolysis) is 1. The molecule has 0 spiro atoms. The summed E-state index contributed by atoms with van der Waals surface area (Å²) in [5.74, 6) is -1.58. The number of carboxylic acids is 1. The molecule has 2 aliphatic carbocycles. The van der Waals surface area contributed by atoms with Gasteiger partial charge in [-0.15, -0.1) is 0 Å². The number of nitrogens with one attached hydrogen (secondary N) is 2. The molecular formula is C26H30N2O5. The number of rotatable bonds is 8. The molecule has 2 aromatic carbocycles. The molecule has 2 aliphatic rings. The number of aliphatic carboxylic acids is 1. The summed E-state index contributed by atoms with van der Waals surface area (Å²) in [7, 11) is 0. The van der Waals surface area contributed by atoms with Gasteiger partial charge in [0.25, 0.3) is 0 Å². The van der Waals surface area contributed by atoms with Gasteiger partial charge in [0.05, 0.1) is 0 Å². The first-order chi connectivity index (χ1) is 16.0. The fourth-order valence-corrected chi connectivity index (χ4v) is 4.99. The van der Waals surface area contributed by atoms with Crippen LogP contribution in [0.5, 0.6) is 0 Å². The van der Waals surface area contributed by atoms with E-state index in [4.69, 9.17) is 4.74 Å². The summed E-state index contributed by atoms with van der Waals surface area (Å²) in [4.78, 5) is 36.3. The maximum absolute atomic E-state index is 12.5. The molecule has 7 nitrogen and oxygen atoms in total. The van der Waals surface area contributed by atoms with E-state index in [0.717, 1.165) is 11.1 Å². The second-order valence-corrected chi connectivity index (χ2v) is 8.86. The van der Waals surface area contributed by atoms with Crippen molar-refractivity contribution in [2.24, 2.45) is 5.92 Å².